The lowest BCUT2D eigenvalue weighted by molar-refractivity contribution is 0.0955. The number of carbonyl (C=O) groups excluding carboxylic acids is 1. The van der Waals surface area contributed by atoms with Gasteiger partial charge in [0.2, 0.25) is 0 Å². The molecule has 1 N–H and O–H groups in total. The fourth-order valence-electron chi connectivity index (χ4n) is 2.64. The van der Waals surface area contributed by atoms with Gasteiger partial charge in [0.1, 0.15) is 4.83 Å². The second kappa shape index (κ2) is 6.68. The van der Waals surface area contributed by atoms with Crippen molar-refractivity contribution in [3.05, 3.63) is 67.2 Å². The first-order valence-corrected chi connectivity index (χ1v) is 8.79. The number of aryl methyl sites for hydroxylation is 2. The lowest BCUT2D eigenvalue weighted by Crippen LogP contribution is -2.36. The predicted molar refractivity (Wildman–Crippen MR) is 99.3 cm³/mol. The van der Waals surface area contributed by atoms with E-state index in [-0.39, 0.29) is 11.5 Å². The van der Waals surface area contributed by atoms with E-state index in [0.717, 1.165) is 27.9 Å². The van der Waals surface area contributed by atoms with Crippen LogP contribution < -0.4 is 16.6 Å². The van der Waals surface area contributed by atoms with E-state index in [0.29, 0.717) is 21.6 Å². The van der Waals surface area contributed by atoms with Crippen LogP contribution in [0.5, 0.6) is 0 Å². The fraction of sp³-hybridized carbons (Fsp3) is 0.278. The first-order chi connectivity index (χ1) is 11.9. The molecule has 0 atom stereocenters. The van der Waals surface area contributed by atoms with Crippen LogP contribution in [0.3, 0.4) is 0 Å². The van der Waals surface area contributed by atoms with E-state index in [4.69, 9.17) is 0 Å². The van der Waals surface area contributed by atoms with Gasteiger partial charge >= 0.3 is 5.69 Å². The van der Waals surface area contributed by atoms with Gasteiger partial charge in [-0.05, 0) is 23.6 Å². The molecule has 0 aliphatic carbocycles. The molecule has 0 bridgehead atoms. The minimum absolute atomic E-state index is 0.254. The maximum atomic E-state index is 12.4. The van der Waals surface area contributed by atoms with Crippen LogP contribution in [-0.4, -0.2) is 15.0 Å². The van der Waals surface area contributed by atoms with Gasteiger partial charge in [-0.25, -0.2) is 4.79 Å². The number of thiophene rings is 1. The van der Waals surface area contributed by atoms with E-state index < -0.39 is 5.69 Å². The van der Waals surface area contributed by atoms with Gasteiger partial charge in [-0.1, -0.05) is 31.2 Å². The van der Waals surface area contributed by atoms with Gasteiger partial charge in [-0.3, -0.25) is 18.7 Å². The zero-order valence-corrected chi connectivity index (χ0v) is 15.1. The third-order valence-electron chi connectivity index (χ3n) is 4.23. The Kier molecular flexibility index (Phi) is 4.59. The number of nitrogens with one attached hydrogen (secondary N) is 1. The number of carbonyl (C=O) groups is 1. The Balaban J connectivity index is 1.85. The summed E-state index contributed by atoms with van der Waals surface area (Å²) in [4.78, 5) is 37.5. The van der Waals surface area contributed by atoms with Gasteiger partial charge in [-0.15, -0.1) is 11.3 Å². The van der Waals surface area contributed by atoms with E-state index in [1.54, 1.807) is 13.1 Å². The molecule has 0 unspecified atom stereocenters. The fourth-order valence-corrected chi connectivity index (χ4v) is 3.66. The van der Waals surface area contributed by atoms with Crippen molar-refractivity contribution in [3.63, 3.8) is 0 Å². The van der Waals surface area contributed by atoms with Crippen molar-refractivity contribution >= 4 is 27.5 Å². The van der Waals surface area contributed by atoms with Crippen LogP contribution in [0.1, 0.15) is 27.7 Å². The maximum absolute atomic E-state index is 12.4. The van der Waals surface area contributed by atoms with E-state index in [1.165, 1.54) is 17.2 Å². The molecule has 0 spiro atoms. The van der Waals surface area contributed by atoms with Crippen molar-refractivity contribution in [2.24, 2.45) is 14.1 Å². The third-order valence-corrected chi connectivity index (χ3v) is 5.44. The Morgan fingerprint density at radius 3 is 2.36 bits per heavy atom. The quantitative estimate of drug-likeness (QED) is 0.774. The highest BCUT2D eigenvalue weighted by Crippen LogP contribution is 2.21. The van der Waals surface area contributed by atoms with Gasteiger partial charge in [0.15, 0.2) is 0 Å². The van der Waals surface area contributed by atoms with Gasteiger partial charge in [0, 0.05) is 20.6 Å². The molecule has 3 rings (SSSR count). The average Bonchev–Trinajstić information content (AvgIpc) is 3.09. The molecular formula is C18H19N3O3S. The first kappa shape index (κ1) is 17.2. The third kappa shape index (κ3) is 3.15. The lowest BCUT2D eigenvalue weighted by atomic mass is 10.1. The Morgan fingerprint density at radius 2 is 1.72 bits per heavy atom. The summed E-state index contributed by atoms with van der Waals surface area (Å²) in [5.74, 6) is -0.254. The summed E-state index contributed by atoms with van der Waals surface area (Å²) in [6.07, 6.45) is 0.974. The second-order valence-corrected chi connectivity index (χ2v) is 6.92. The number of amides is 1. The molecule has 2 aromatic heterocycles. The molecular weight excluding hydrogens is 338 g/mol. The number of fused-ring (bicyclic) bond motifs is 1. The standard InChI is InChI=1S/C18H19N3O3S/c1-4-11-5-7-12(8-6-11)10-19-15(22)14-9-13-16(23)20(2)18(24)21(3)17(13)25-14/h5-9H,4,10H2,1-3H3,(H,19,22). The van der Waals surface area contributed by atoms with Crippen LogP contribution in [0.25, 0.3) is 10.2 Å². The zero-order chi connectivity index (χ0) is 18.1. The van der Waals surface area contributed by atoms with Crippen molar-refractivity contribution in [3.8, 4) is 0 Å². The van der Waals surface area contributed by atoms with Crippen LogP contribution in [0.15, 0.2) is 39.9 Å². The zero-order valence-electron chi connectivity index (χ0n) is 14.3. The summed E-state index contributed by atoms with van der Waals surface area (Å²) in [5, 5.41) is 3.24. The monoisotopic (exact) mass is 357 g/mol. The lowest BCUT2D eigenvalue weighted by Gasteiger charge is -2.04. The Labute approximate surface area is 148 Å². The van der Waals surface area contributed by atoms with Crippen LogP contribution in [0.2, 0.25) is 0 Å². The highest BCUT2D eigenvalue weighted by Gasteiger charge is 2.16. The summed E-state index contributed by atoms with van der Waals surface area (Å²) in [6, 6.07) is 9.62. The molecule has 1 amide bonds. The Morgan fingerprint density at radius 1 is 1.08 bits per heavy atom. The topological polar surface area (TPSA) is 73.1 Å². The number of rotatable bonds is 4. The molecule has 130 valence electrons. The molecule has 1 aromatic carbocycles. The number of nitrogens with zero attached hydrogens (tertiary/aromatic N) is 2. The van der Waals surface area contributed by atoms with Crippen LogP contribution in [0.4, 0.5) is 0 Å². The summed E-state index contributed by atoms with van der Waals surface area (Å²) in [6.45, 7) is 2.50. The van der Waals surface area contributed by atoms with Gasteiger partial charge < -0.3 is 5.32 Å². The molecule has 0 aliphatic rings. The number of hydrogen-bond donors (Lipinski definition) is 1. The van der Waals surface area contributed by atoms with Gasteiger partial charge in [0.25, 0.3) is 11.5 Å². The molecule has 0 fully saturated rings. The second-order valence-electron chi connectivity index (χ2n) is 5.89. The molecule has 7 heteroatoms. The Bertz CT molecular complexity index is 1060. The average molecular weight is 357 g/mol. The summed E-state index contributed by atoms with van der Waals surface area (Å²) >= 11 is 1.15. The molecule has 6 nitrogen and oxygen atoms in total. The summed E-state index contributed by atoms with van der Waals surface area (Å²) in [7, 11) is 3.03. The van der Waals surface area contributed by atoms with E-state index in [9.17, 15) is 14.4 Å². The largest absolute Gasteiger partial charge is 0.347 e. The predicted octanol–water partition coefficient (Wildman–Crippen LogP) is 1.79. The molecule has 0 aliphatic heterocycles. The maximum Gasteiger partial charge on any atom is 0.331 e. The van der Waals surface area contributed by atoms with Crippen LogP contribution >= 0.6 is 11.3 Å². The summed E-state index contributed by atoms with van der Waals surface area (Å²) in [5.41, 5.74) is 1.47. The molecule has 2 heterocycles. The highest BCUT2D eigenvalue weighted by atomic mass is 32.1. The smallest absolute Gasteiger partial charge is 0.331 e. The molecule has 0 saturated heterocycles. The Hall–Kier alpha value is -2.67. The molecule has 3 aromatic rings. The molecule has 25 heavy (non-hydrogen) atoms. The molecule has 0 radical (unpaired) electrons. The highest BCUT2D eigenvalue weighted by molar-refractivity contribution is 7.20. The van der Waals surface area contributed by atoms with Gasteiger partial charge in [-0.2, -0.15) is 0 Å². The van der Waals surface area contributed by atoms with Crippen molar-refractivity contribution in [2.45, 2.75) is 19.9 Å². The van der Waals surface area contributed by atoms with E-state index in [2.05, 4.69) is 12.2 Å². The van der Waals surface area contributed by atoms with E-state index >= 15 is 0 Å². The number of hydrogen-bond acceptors (Lipinski definition) is 4. The van der Waals surface area contributed by atoms with Crippen molar-refractivity contribution in [1.82, 2.24) is 14.5 Å². The van der Waals surface area contributed by atoms with Crippen molar-refractivity contribution in [1.29, 1.82) is 0 Å². The van der Waals surface area contributed by atoms with Crippen LogP contribution in [0, 0.1) is 0 Å². The van der Waals surface area contributed by atoms with Crippen molar-refractivity contribution in [2.75, 3.05) is 0 Å². The normalized spacial score (nSPS) is 11.0. The first-order valence-electron chi connectivity index (χ1n) is 7.98. The van der Waals surface area contributed by atoms with Crippen LogP contribution in [-0.2, 0) is 27.1 Å². The van der Waals surface area contributed by atoms with Crippen molar-refractivity contribution < 1.29 is 4.79 Å². The van der Waals surface area contributed by atoms with Gasteiger partial charge in [0.05, 0.1) is 10.3 Å². The van der Waals surface area contributed by atoms with E-state index in [1.807, 2.05) is 24.3 Å². The summed E-state index contributed by atoms with van der Waals surface area (Å²) < 4.78 is 2.44. The number of benzene rings is 1. The minimum Gasteiger partial charge on any atom is -0.347 e. The number of aromatic nitrogens is 2. The molecule has 0 saturated carbocycles. The minimum atomic E-state index is -0.401. The SMILES string of the molecule is CCc1ccc(CNC(=O)c2cc3c(=O)n(C)c(=O)n(C)c3s2)cc1.